The molecule has 2 spiro atoms. The first kappa shape index (κ1) is 27.7. The third kappa shape index (κ3) is 3.79. The van der Waals surface area contributed by atoms with E-state index in [2.05, 4.69) is 10.8 Å². The lowest BCUT2D eigenvalue weighted by molar-refractivity contribution is -0.148. The largest absolute Gasteiger partial charge is 0.466 e. The van der Waals surface area contributed by atoms with Crippen LogP contribution in [0, 0.1) is 11.3 Å². The van der Waals surface area contributed by atoms with Crippen molar-refractivity contribution in [3.8, 4) is 6.07 Å². The average Bonchev–Trinajstić information content (AvgIpc) is 3.46. The van der Waals surface area contributed by atoms with Crippen molar-refractivity contribution in [1.82, 2.24) is 0 Å². The smallest absolute Gasteiger partial charge is 0.302 e. The Kier molecular flexibility index (Phi) is 6.97. The highest BCUT2D eigenvalue weighted by atomic mass is 35.5. The maximum absolute atomic E-state index is 14.6. The van der Waals surface area contributed by atoms with Crippen molar-refractivity contribution in [2.75, 3.05) is 23.5 Å². The van der Waals surface area contributed by atoms with Gasteiger partial charge in [-0.1, -0.05) is 72.3 Å². The first-order valence-electron chi connectivity index (χ1n) is 12.9. The summed E-state index contributed by atoms with van der Waals surface area (Å²) in [5.74, 6) is -1.42. The molecule has 3 aliphatic heterocycles. The van der Waals surface area contributed by atoms with Gasteiger partial charge < -0.3 is 25.0 Å². The van der Waals surface area contributed by atoms with Gasteiger partial charge in [-0.2, -0.15) is 5.26 Å². The first-order chi connectivity index (χ1) is 19.7. The van der Waals surface area contributed by atoms with E-state index >= 15 is 0 Å². The van der Waals surface area contributed by atoms with Crippen molar-refractivity contribution in [2.24, 2.45) is 5.73 Å². The third-order valence-corrected chi connectivity index (χ3v) is 7.83. The number of rotatable bonds is 3. The second-order valence-electron chi connectivity index (χ2n) is 9.70. The van der Waals surface area contributed by atoms with E-state index in [-0.39, 0.29) is 24.0 Å². The Hall–Kier alpha value is -4.81. The van der Waals surface area contributed by atoms with Crippen LogP contribution in [0.25, 0.3) is 0 Å². The predicted octanol–water partition coefficient (Wildman–Crippen LogP) is 4.29. The van der Waals surface area contributed by atoms with E-state index < -0.39 is 22.8 Å². The summed E-state index contributed by atoms with van der Waals surface area (Å²) in [5.41, 5.74) is 5.29. The number of fused-ring (bicyclic) bond motifs is 5. The molecule has 6 rings (SSSR count). The molecule has 41 heavy (non-hydrogen) atoms. The van der Waals surface area contributed by atoms with Crippen LogP contribution in [0.5, 0.6) is 0 Å². The molecule has 3 aromatic carbocycles. The molecule has 0 bridgehead atoms. The summed E-state index contributed by atoms with van der Waals surface area (Å²) in [5, 5.41) is 10.6. The Bertz CT molecular complexity index is 1650. The molecule has 3 aromatic rings. The van der Waals surface area contributed by atoms with Crippen LogP contribution < -0.4 is 15.5 Å². The van der Waals surface area contributed by atoms with Crippen LogP contribution in [0.4, 0.5) is 11.4 Å². The van der Waals surface area contributed by atoms with Gasteiger partial charge in [-0.25, -0.2) is 0 Å². The van der Waals surface area contributed by atoms with Crippen molar-refractivity contribution in [1.29, 1.82) is 5.26 Å². The van der Waals surface area contributed by atoms with E-state index in [1.165, 1.54) is 11.8 Å². The number of anilines is 2. The maximum Gasteiger partial charge on any atom is 0.302 e. The lowest BCUT2D eigenvalue weighted by Gasteiger charge is -2.37. The van der Waals surface area contributed by atoms with E-state index in [1.54, 1.807) is 49.2 Å². The molecule has 0 unspecified atom stereocenters. The topological polar surface area (TPSA) is 126 Å². The van der Waals surface area contributed by atoms with Crippen molar-refractivity contribution in [2.45, 2.75) is 31.4 Å². The monoisotopic (exact) mass is 570 g/mol. The summed E-state index contributed by atoms with van der Waals surface area (Å²) in [7, 11) is 1.58. The van der Waals surface area contributed by atoms with E-state index in [1.807, 2.05) is 42.5 Å². The van der Waals surface area contributed by atoms with Crippen LogP contribution >= 0.6 is 11.6 Å². The lowest BCUT2D eigenvalue weighted by atomic mass is 9.62. The molecule has 3 aliphatic rings. The molecule has 0 saturated carbocycles. The van der Waals surface area contributed by atoms with Gasteiger partial charge in [0.2, 0.25) is 17.4 Å². The molecule has 3 heterocycles. The minimum absolute atomic E-state index is 0.0833. The number of halogens is 1. The summed E-state index contributed by atoms with van der Waals surface area (Å²) >= 11 is 6.51. The number of amides is 2. The fourth-order valence-electron chi connectivity index (χ4n) is 6.01. The van der Waals surface area contributed by atoms with Gasteiger partial charge in [-0.05, 0) is 24.6 Å². The minimum atomic E-state index is -1.91. The van der Waals surface area contributed by atoms with Crippen LogP contribution in [0.2, 0.25) is 5.02 Å². The highest BCUT2D eigenvalue weighted by Gasteiger charge is 2.78. The van der Waals surface area contributed by atoms with Gasteiger partial charge in [0.05, 0.1) is 23.9 Å². The number of para-hydroxylation sites is 2. The number of nitriles is 1. The normalized spacial score (nSPS) is 21.8. The predicted molar refractivity (Wildman–Crippen MR) is 153 cm³/mol. The van der Waals surface area contributed by atoms with E-state index in [9.17, 15) is 19.6 Å². The number of nitrogens with zero attached hydrogens (tertiary/aromatic N) is 3. The van der Waals surface area contributed by atoms with Crippen molar-refractivity contribution in [3.63, 3.8) is 0 Å². The molecule has 10 heteroatoms. The lowest BCUT2D eigenvalue weighted by Crippen LogP contribution is -2.58. The zero-order chi connectivity index (χ0) is 29.5. The Morgan fingerprint density at radius 3 is 2.32 bits per heavy atom. The standard InChI is InChI=1S/C27H19ClN4O3.C4H8O2/c1-31-22-18(11-7-12-20(22)28)27(25(31)34)26(19(14-29)23(30)35-27)17-10-5-6-13-21(17)32(24(26)33)15-16-8-3-2-4-9-16;1-3-6-4(2)5/h2-13H,15,30H2,1H3;3H2,1-2H3/t26-,27-;/m0./s1. The molecular formula is C31H27ClN4O5. The highest BCUT2D eigenvalue weighted by Crippen LogP contribution is 2.65. The van der Waals surface area contributed by atoms with E-state index in [0.717, 1.165) is 5.56 Å². The molecular weight excluding hydrogens is 544 g/mol. The zero-order valence-corrected chi connectivity index (χ0v) is 23.4. The number of nitrogens with two attached hydrogens (primary N) is 1. The summed E-state index contributed by atoms with van der Waals surface area (Å²) in [6.07, 6.45) is 0. The van der Waals surface area contributed by atoms with Crippen LogP contribution in [0.15, 0.2) is 84.3 Å². The SMILES string of the molecule is CCOC(C)=O.CN1C(=O)[C@@]2(OC(N)=C(C#N)[C@@]23C(=O)N(Cc2ccccc2)c2ccccc23)c2cccc(Cl)c21. The quantitative estimate of drug-likeness (QED) is 0.465. The first-order valence-corrected chi connectivity index (χ1v) is 13.3. The Morgan fingerprint density at radius 2 is 1.68 bits per heavy atom. The van der Waals surface area contributed by atoms with Gasteiger partial charge in [0, 0.05) is 30.8 Å². The highest BCUT2D eigenvalue weighted by molar-refractivity contribution is 6.35. The summed E-state index contributed by atoms with van der Waals surface area (Å²) < 4.78 is 10.6. The van der Waals surface area contributed by atoms with Gasteiger partial charge in [0.15, 0.2) is 5.41 Å². The van der Waals surface area contributed by atoms with Gasteiger partial charge in [0.1, 0.15) is 11.6 Å². The average molecular weight is 571 g/mol. The second-order valence-corrected chi connectivity index (χ2v) is 10.1. The molecule has 9 nitrogen and oxygen atoms in total. The molecule has 2 amide bonds. The summed E-state index contributed by atoms with van der Waals surface area (Å²) in [6, 6.07) is 23.9. The van der Waals surface area contributed by atoms with Crippen LogP contribution in [0.1, 0.15) is 30.5 Å². The summed E-state index contributed by atoms with van der Waals surface area (Å²) in [6.45, 7) is 3.90. The molecule has 0 saturated heterocycles. The number of carbonyl (C=O) groups excluding carboxylic acids is 3. The maximum atomic E-state index is 14.6. The Balaban J connectivity index is 0.000000511. The van der Waals surface area contributed by atoms with Crippen LogP contribution in [0.3, 0.4) is 0 Å². The van der Waals surface area contributed by atoms with Gasteiger partial charge >= 0.3 is 5.97 Å². The number of esters is 1. The third-order valence-electron chi connectivity index (χ3n) is 7.53. The van der Waals surface area contributed by atoms with Crippen LogP contribution in [-0.4, -0.2) is 31.4 Å². The number of benzene rings is 3. The number of ether oxygens (including phenoxy) is 2. The molecule has 0 aromatic heterocycles. The van der Waals surface area contributed by atoms with E-state index in [4.69, 9.17) is 22.1 Å². The Morgan fingerprint density at radius 1 is 1.02 bits per heavy atom. The minimum Gasteiger partial charge on any atom is -0.466 e. The molecule has 0 aliphatic carbocycles. The van der Waals surface area contributed by atoms with Gasteiger partial charge in [-0.15, -0.1) is 0 Å². The number of likely N-dealkylation sites (N-methyl/N-ethyl adjacent to an activating group) is 1. The summed E-state index contributed by atoms with van der Waals surface area (Å²) in [4.78, 5) is 41.5. The van der Waals surface area contributed by atoms with Crippen molar-refractivity contribution >= 4 is 40.8 Å². The molecule has 0 fully saturated rings. The van der Waals surface area contributed by atoms with Gasteiger partial charge in [-0.3, -0.25) is 14.4 Å². The number of hydrogen-bond acceptors (Lipinski definition) is 7. The molecule has 208 valence electrons. The molecule has 2 atom stereocenters. The molecule has 0 radical (unpaired) electrons. The fraction of sp³-hybridized carbons (Fsp3) is 0.226. The van der Waals surface area contributed by atoms with Crippen molar-refractivity contribution < 1.29 is 23.9 Å². The second kappa shape index (κ2) is 10.3. The van der Waals surface area contributed by atoms with Crippen molar-refractivity contribution in [3.05, 3.63) is 106 Å². The molecule has 2 N–H and O–H groups in total. The van der Waals surface area contributed by atoms with Crippen LogP contribution in [-0.2, 0) is 41.4 Å². The Labute approximate surface area is 242 Å². The van der Waals surface area contributed by atoms with E-state index in [0.29, 0.717) is 34.1 Å². The zero-order valence-electron chi connectivity index (χ0n) is 22.7. The number of hydrogen-bond donors (Lipinski definition) is 1. The van der Waals surface area contributed by atoms with Gasteiger partial charge in [0.25, 0.3) is 5.91 Å². The fourth-order valence-corrected chi connectivity index (χ4v) is 6.31. The number of carbonyl (C=O) groups is 3.